The molecule has 0 spiro atoms. The van der Waals surface area contributed by atoms with Crippen molar-refractivity contribution in [1.29, 1.82) is 0 Å². The van der Waals surface area contributed by atoms with Crippen LogP contribution in [0, 0.1) is 0 Å². The summed E-state index contributed by atoms with van der Waals surface area (Å²) in [7, 11) is 1.33. The van der Waals surface area contributed by atoms with E-state index in [4.69, 9.17) is 9.47 Å². The number of methoxy groups -OCH3 is 1. The second-order valence-corrected chi connectivity index (χ2v) is 7.90. The van der Waals surface area contributed by atoms with Crippen LogP contribution in [0.3, 0.4) is 0 Å². The normalized spacial score (nSPS) is 11.0. The number of rotatable bonds is 15. The maximum absolute atomic E-state index is 12.3. The van der Waals surface area contributed by atoms with Gasteiger partial charge in [0.1, 0.15) is 0 Å². The van der Waals surface area contributed by atoms with E-state index in [1.54, 1.807) is 6.07 Å². The summed E-state index contributed by atoms with van der Waals surface area (Å²) in [5.74, 6) is 0.279. The zero-order valence-corrected chi connectivity index (χ0v) is 18.7. The van der Waals surface area contributed by atoms with Gasteiger partial charge in [-0.25, -0.2) is 9.36 Å². The topological polar surface area (TPSA) is 57.5 Å². The number of para-hydroxylation sites is 1. The van der Waals surface area contributed by atoms with Crippen LogP contribution in [0.4, 0.5) is 4.79 Å². The fourth-order valence-electron chi connectivity index (χ4n) is 3.88. The lowest BCUT2D eigenvalue weighted by Crippen LogP contribution is -2.14. The minimum atomic E-state index is -0.552. The van der Waals surface area contributed by atoms with Gasteiger partial charge < -0.3 is 9.47 Å². The van der Waals surface area contributed by atoms with Crippen LogP contribution < -0.4 is 4.74 Å². The van der Waals surface area contributed by atoms with Gasteiger partial charge in [-0.15, -0.1) is 0 Å². The number of ether oxygens (including phenoxy) is 2. The minimum Gasteiger partial charge on any atom is -0.478 e. The molecule has 0 atom stereocenters. The molecule has 0 unspecified atom stereocenters. The highest BCUT2D eigenvalue weighted by Gasteiger charge is 2.22. The molecular formula is C25H37NO4. The maximum Gasteiger partial charge on any atom is 0.421 e. The van der Waals surface area contributed by atoms with Gasteiger partial charge in [-0.2, -0.15) is 0 Å². The van der Waals surface area contributed by atoms with Crippen molar-refractivity contribution in [3.8, 4) is 5.88 Å². The van der Waals surface area contributed by atoms with E-state index in [1.165, 1.54) is 75.9 Å². The molecule has 0 aliphatic heterocycles. The van der Waals surface area contributed by atoms with E-state index < -0.39 is 6.09 Å². The largest absolute Gasteiger partial charge is 0.478 e. The number of carbonyl (C=O) groups is 2. The van der Waals surface area contributed by atoms with E-state index in [2.05, 4.69) is 6.92 Å². The van der Waals surface area contributed by atoms with Crippen LogP contribution in [-0.4, -0.2) is 30.7 Å². The Bertz CT molecular complexity index is 781. The van der Waals surface area contributed by atoms with Crippen molar-refractivity contribution in [2.24, 2.45) is 0 Å². The van der Waals surface area contributed by atoms with Crippen LogP contribution in [-0.2, 0) is 4.74 Å². The van der Waals surface area contributed by atoms with Gasteiger partial charge in [0.25, 0.3) is 0 Å². The average molecular weight is 416 g/mol. The van der Waals surface area contributed by atoms with Gasteiger partial charge >= 0.3 is 6.09 Å². The third-order valence-corrected chi connectivity index (χ3v) is 5.58. The van der Waals surface area contributed by atoms with Crippen molar-refractivity contribution in [3.63, 3.8) is 0 Å². The van der Waals surface area contributed by atoms with Crippen molar-refractivity contribution < 1.29 is 19.1 Å². The van der Waals surface area contributed by atoms with Crippen molar-refractivity contribution in [2.45, 2.75) is 84.0 Å². The monoisotopic (exact) mass is 415 g/mol. The van der Waals surface area contributed by atoms with E-state index >= 15 is 0 Å². The molecular weight excluding hydrogens is 378 g/mol. The molecule has 0 fully saturated rings. The molecule has 1 heterocycles. The molecule has 166 valence electrons. The molecule has 5 nitrogen and oxygen atoms in total. The zero-order chi connectivity index (χ0) is 21.6. The third-order valence-electron chi connectivity index (χ3n) is 5.58. The number of nitrogens with zero attached hydrogens (tertiary/aromatic N) is 1. The van der Waals surface area contributed by atoms with E-state index in [0.717, 1.165) is 19.1 Å². The summed E-state index contributed by atoms with van der Waals surface area (Å²) in [6, 6.07) is 7.27. The van der Waals surface area contributed by atoms with Crippen LogP contribution in [0.2, 0.25) is 0 Å². The zero-order valence-electron chi connectivity index (χ0n) is 18.7. The molecule has 0 bridgehead atoms. The van der Waals surface area contributed by atoms with Gasteiger partial charge in [0.05, 0.1) is 24.8 Å². The predicted octanol–water partition coefficient (Wildman–Crippen LogP) is 7.15. The second-order valence-electron chi connectivity index (χ2n) is 7.90. The fraction of sp³-hybridized carbons (Fsp3) is 0.600. The van der Waals surface area contributed by atoms with Crippen molar-refractivity contribution >= 4 is 23.3 Å². The van der Waals surface area contributed by atoms with Crippen LogP contribution >= 0.6 is 0 Å². The molecule has 0 aliphatic rings. The van der Waals surface area contributed by atoms with E-state index in [9.17, 15) is 9.59 Å². The van der Waals surface area contributed by atoms with E-state index in [0.29, 0.717) is 23.1 Å². The summed E-state index contributed by atoms with van der Waals surface area (Å²) < 4.78 is 12.1. The molecule has 5 heteroatoms. The third kappa shape index (κ3) is 6.89. The summed E-state index contributed by atoms with van der Waals surface area (Å²) >= 11 is 0. The molecule has 1 aromatic heterocycles. The Kier molecular flexibility index (Phi) is 11.1. The highest BCUT2D eigenvalue weighted by molar-refractivity contribution is 6.04. The Morgan fingerprint density at radius 2 is 1.47 bits per heavy atom. The standard InChI is InChI=1S/C25H37NO4/c1-3-4-5-6-7-8-9-10-11-12-13-16-19-30-24-22(20-27)21-17-14-15-18-23(21)26(24)25(28)29-2/h14-15,17-18,20H,3-13,16,19H2,1-2H3. The van der Waals surface area contributed by atoms with Crippen LogP contribution in [0.25, 0.3) is 10.9 Å². The quantitative estimate of drug-likeness (QED) is 0.229. The highest BCUT2D eigenvalue weighted by Crippen LogP contribution is 2.31. The lowest BCUT2D eigenvalue weighted by molar-refractivity contribution is 0.112. The summed E-state index contributed by atoms with van der Waals surface area (Å²) in [4.78, 5) is 23.9. The van der Waals surface area contributed by atoms with Gasteiger partial charge in [0.2, 0.25) is 5.88 Å². The Morgan fingerprint density at radius 1 is 0.900 bits per heavy atom. The molecule has 30 heavy (non-hydrogen) atoms. The molecule has 0 saturated heterocycles. The van der Waals surface area contributed by atoms with Crippen LogP contribution in [0.1, 0.15) is 94.3 Å². The molecule has 1 aromatic carbocycles. The summed E-state index contributed by atoms with van der Waals surface area (Å²) in [5.41, 5.74) is 1.02. The summed E-state index contributed by atoms with van der Waals surface area (Å²) in [6.45, 7) is 2.73. The average Bonchev–Trinajstić information content (AvgIpc) is 3.09. The van der Waals surface area contributed by atoms with Crippen molar-refractivity contribution in [1.82, 2.24) is 4.57 Å². The van der Waals surface area contributed by atoms with Crippen molar-refractivity contribution in [3.05, 3.63) is 29.8 Å². The Hall–Kier alpha value is -2.30. The van der Waals surface area contributed by atoms with Gasteiger partial charge in [0, 0.05) is 5.39 Å². The molecule has 0 amide bonds. The lowest BCUT2D eigenvalue weighted by atomic mass is 10.1. The molecule has 0 saturated carbocycles. The molecule has 2 rings (SSSR count). The van der Waals surface area contributed by atoms with Gasteiger partial charge in [-0.05, 0) is 12.5 Å². The SMILES string of the molecule is CCCCCCCCCCCCCCOc1c(C=O)c2ccccc2n1C(=O)OC. The number of hydrogen-bond acceptors (Lipinski definition) is 4. The molecule has 0 aliphatic carbocycles. The number of hydrogen-bond donors (Lipinski definition) is 0. The second kappa shape index (κ2) is 13.8. The molecule has 0 radical (unpaired) electrons. The van der Waals surface area contributed by atoms with Crippen molar-refractivity contribution in [2.75, 3.05) is 13.7 Å². The number of aldehydes is 1. The number of fused-ring (bicyclic) bond motifs is 1. The number of aromatic nitrogens is 1. The first-order valence-electron chi connectivity index (χ1n) is 11.5. The maximum atomic E-state index is 12.3. The first-order chi connectivity index (χ1) is 14.7. The lowest BCUT2D eigenvalue weighted by Gasteiger charge is -2.10. The fourth-order valence-corrected chi connectivity index (χ4v) is 3.88. The van der Waals surface area contributed by atoms with Gasteiger partial charge in [-0.1, -0.05) is 95.8 Å². The Labute approximate surface area is 180 Å². The first-order valence-corrected chi connectivity index (χ1v) is 11.5. The predicted molar refractivity (Wildman–Crippen MR) is 122 cm³/mol. The summed E-state index contributed by atoms with van der Waals surface area (Å²) in [5, 5.41) is 0.697. The van der Waals surface area contributed by atoms with E-state index in [1.807, 2.05) is 18.2 Å². The Morgan fingerprint density at radius 3 is 2.03 bits per heavy atom. The number of carbonyl (C=O) groups excluding carboxylic acids is 2. The first kappa shape index (κ1) is 24.0. The number of benzene rings is 1. The van der Waals surface area contributed by atoms with E-state index in [-0.39, 0.29) is 5.88 Å². The van der Waals surface area contributed by atoms with Crippen LogP contribution in [0.5, 0.6) is 5.88 Å². The van der Waals surface area contributed by atoms with Crippen LogP contribution in [0.15, 0.2) is 24.3 Å². The highest BCUT2D eigenvalue weighted by atomic mass is 16.5. The van der Waals surface area contributed by atoms with Gasteiger partial charge in [0.15, 0.2) is 6.29 Å². The van der Waals surface area contributed by atoms with Gasteiger partial charge in [-0.3, -0.25) is 4.79 Å². The molecule has 2 aromatic rings. The smallest absolute Gasteiger partial charge is 0.421 e. The number of unbranched alkanes of at least 4 members (excludes halogenated alkanes) is 11. The molecule has 0 N–H and O–H groups in total. The summed E-state index contributed by atoms with van der Waals surface area (Å²) in [6.07, 6.45) is 15.5. The Balaban J connectivity index is 1.72. The minimum absolute atomic E-state index is 0.279.